The number of nitrogens with zero attached hydrogens (tertiary/aromatic N) is 1. The highest BCUT2D eigenvalue weighted by atomic mass is 35.5. The SMILES string of the molecule is C[C@H]1CCCN(S(=O)(=O)c2ccc(Cl)c3ccccc23)C1. The van der Waals surface area contributed by atoms with Gasteiger partial charge in [0.05, 0.1) is 4.90 Å². The second kappa shape index (κ2) is 5.59. The Morgan fingerprint density at radius 1 is 1.14 bits per heavy atom. The lowest BCUT2D eigenvalue weighted by Gasteiger charge is -2.30. The van der Waals surface area contributed by atoms with Crippen LogP contribution in [0.1, 0.15) is 19.8 Å². The van der Waals surface area contributed by atoms with Crippen LogP contribution in [0.2, 0.25) is 5.02 Å². The maximum absolute atomic E-state index is 12.9. The summed E-state index contributed by atoms with van der Waals surface area (Å²) in [6, 6.07) is 10.7. The Morgan fingerprint density at radius 3 is 2.57 bits per heavy atom. The Labute approximate surface area is 130 Å². The van der Waals surface area contributed by atoms with Crippen LogP contribution < -0.4 is 0 Å². The van der Waals surface area contributed by atoms with E-state index in [1.807, 2.05) is 24.3 Å². The Hall–Kier alpha value is -1.10. The van der Waals surface area contributed by atoms with Crippen molar-refractivity contribution in [3.63, 3.8) is 0 Å². The van der Waals surface area contributed by atoms with Crippen molar-refractivity contribution in [1.82, 2.24) is 4.31 Å². The molecule has 2 aromatic rings. The standard InChI is InChI=1S/C16H18ClNO2S/c1-12-5-4-10-18(11-12)21(19,20)16-9-8-15(17)13-6-2-3-7-14(13)16/h2-3,6-9,12H,4-5,10-11H2,1H3/t12-/m0/s1. The smallest absolute Gasteiger partial charge is 0.207 e. The third-order valence-corrected chi connectivity index (χ3v) is 6.32. The van der Waals surface area contributed by atoms with E-state index in [9.17, 15) is 8.42 Å². The van der Waals surface area contributed by atoms with Gasteiger partial charge in [-0.05, 0) is 30.9 Å². The van der Waals surface area contributed by atoms with Crippen LogP contribution >= 0.6 is 11.6 Å². The van der Waals surface area contributed by atoms with Gasteiger partial charge in [0.1, 0.15) is 0 Å². The molecule has 0 unspecified atom stereocenters. The number of halogens is 1. The molecule has 1 fully saturated rings. The number of hydrogen-bond donors (Lipinski definition) is 0. The largest absolute Gasteiger partial charge is 0.243 e. The Morgan fingerprint density at radius 2 is 1.86 bits per heavy atom. The zero-order valence-electron chi connectivity index (χ0n) is 11.9. The van der Waals surface area contributed by atoms with Gasteiger partial charge in [0.15, 0.2) is 0 Å². The lowest BCUT2D eigenvalue weighted by Crippen LogP contribution is -2.39. The van der Waals surface area contributed by atoms with E-state index < -0.39 is 10.0 Å². The third-order valence-electron chi connectivity index (χ3n) is 4.07. The molecule has 0 spiro atoms. The van der Waals surface area contributed by atoms with Crippen LogP contribution in [0.4, 0.5) is 0 Å². The van der Waals surface area contributed by atoms with Crippen molar-refractivity contribution < 1.29 is 8.42 Å². The van der Waals surface area contributed by atoms with Crippen molar-refractivity contribution in [3.8, 4) is 0 Å². The summed E-state index contributed by atoms with van der Waals surface area (Å²) in [7, 11) is -3.46. The van der Waals surface area contributed by atoms with Crippen molar-refractivity contribution in [2.75, 3.05) is 13.1 Å². The summed E-state index contributed by atoms with van der Waals surface area (Å²) in [5, 5.41) is 2.06. The Balaban J connectivity index is 2.13. The van der Waals surface area contributed by atoms with Gasteiger partial charge < -0.3 is 0 Å². The van der Waals surface area contributed by atoms with Gasteiger partial charge in [-0.3, -0.25) is 0 Å². The number of sulfonamides is 1. The molecule has 1 heterocycles. The van der Waals surface area contributed by atoms with E-state index in [0.717, 1.165) is 18.2 Å². The molecule has 0 radical (unpaired) electrons. The molecule has 0 amide bonds. The second-order valence-corrected chi connectivity index (χ2v) is 8.02. The fraction of sp³-hybridized carbons (Fsp3) is 0.375. The third kappa shape index (κ3) is 2.68. The molecule has 3 rings (SSSR count). The minimum Gasteiger partial charge on any atom is -0.207 e. The second-order valence-electron chi connectivity index (χ2n) is 5.70. The average Bonchev–Trinajstić information content (AvgIpc) is 2.47. The van der Waals surface area contributed by atoms with E-state index >= 15 is 0 Å². The molecule has 1 aliphatic heterocycles. The molecule has 3 nitrogen and oxygen atoms in total. The topological polar surface area (TPSA) is 37.4 Å². The average molecular weight is 324 g/mol. The van der Waals surface area contributed by atoms with Gasteiger partial charge in [-0.15, -0.1) is 0 Å². The van der Waals surface area contributed by atoms with Crippen molar-refractivity contribution in [1.29, 1.82) is 0 Å². The minimum absolute atomic E-state index is 0.358. The number of hydrogen-bond acceptors (Lipinski definition) is 2. The Kier molecular flexibility index (Phi) is 3.95. The first-order valence-electron chi connectivity index (χ1n) is 7.17. The molecular weight excluding hydrogens is 306 g/mol. The highest BCUT2D eigenvalue weighted by Gasteiger charge is 2.30. The van der Waals surface area contributed by atoms with Gasteiger partial charge in [0, 0.05) is 28.9 Å². The first-order valence-corrected chi connectivity index (χ1v) is 8.99. The summed E-state index contributed by atoms with van der Waals surface area (Å²) in [6.07, 6.45) is 2.01. The molecule has 1 saturated heterocycles. The van der Waals surface area contributed by atoms with Crippen molar-refractivity contribution >= 4 is 32.4 Å². The number of benzene rings is 2. The number of fused-ring (bicyclic) bond motifs is 1. The van der Waals surface area contributed by atoms with Gasteiger partial charge in [-0.25, -0.2) is 8.42 Å². The summed E-state index contributed by atoms with van der Waals surface area (Å²) in [6.45, 7) is 3.30. The van der Waals surface area contributed by atoms with Crippen LogP contribution in [0.25, 0.3) is 10.8 Å². The number of piperidine rings is 1. The lowest BCUT2D eigenvalue weighted by atomic mass is 10.0. The zero-order valence-corrected chi connectivity index (χ0v) is 13.5. The van der Waals surface area contributed by atoms with Crippen molar-refractivity contribution in [3.05, 3.63) is 41.4 Å². The zero-order chi connectivity index (χ0) is 15.0. The first kappa shape index (κ1) is 14.8. The summed E-state index contributed by atoms with van der Waals surface area (Å²) in [5.41, 5.74) is 0. The predicted molar refractivity (Wildman–Crippen MR) is 86.1 cm³/mol. The molecule has 0 aromatic heterocycles. The van der Waals surface area contributed by atoms with Gasteiger partial charge >= 0.3 is 0 Å². The molecule has 2 aromatic carbocycles. The number of rotatable bonds is 2. The molecule has 21 heavy (non-hydrogen) atoms. The van der Waals surface area contributed by atoms with Crippen LogP contribution in [-0.4, -0.2) is 25.8 Å². The Bertz CT molecular complexity index is 773. The van der Waals surface area contributed by atoms with E-state index in [1.54, 1.807) is 16.4 Å². The molecule has 0 N–H and O–H groups in total. The van der Waals surface area contributed by atoms with Gasteiger partial charge in [-0.1, -0.05) is 42.8 Å². The van der Waals surface area contributed by atoms with Crippen molar-refractivity contribution in [2.24, 2.45) is 5.92 Å². The van der Waals surface area contributed by atoms with Crippen LogP contribution in [0.15, 0.2) is 41.3 Å². The maximum atomic E-state index is 12.9. The summed E-state index contributed by atoms with van der Waals surface area (Å²) in [5.74, 6) is 0.409. The van der Waals surface area contributed by atoms with Crippen LogP contribution in [0, 0.1) is 5.92 Å². The summed E-state index contributed by atoms with van der Waals surface area (Å²) >= 11 is 6.18. The molecule has 0 aliphatic carbocycles. The molecule has 1 aliphatic rings. The predicted octanol–water partition coefficient (Wildman–Crippen LogP) is 3.91. The molecular formula is C16H18ClNO2S. The molecule has 0 saturated carbocycles. The highest BCUT2D eigenvalue weighted by molar-refractivity contribution is 7.89. The summed E-state index contributed by atoms with van der Waals surface area (Å²) < 4.78 is 27.5. The fourth-order valence-electron chi connectivity index (χ4n) is 2.96. The molecule has 5 heteroatoms. The van der Waals surface area contributed by atoms with Crippen molar-refractivity contribution in [2.45, 2.75) is 24.7 Å². The van der Waals surface area contributed by atoms with Gasteiger partial charge in [0.2, 0.25) is 10.0 Å². The minimum atomic E-state index is -3.46. The lowest BCUT2D eigenvalue weighted by molar-refractivity contribution is 0.281. The molecule has 0 bridgehead atoms. The first-order chi connectivity index (χ1) is 10.00. The maximum Gasteiger partial charge on any atom is 0.243 e. The van der Waals surface area contributed by atoms with E-state index in [-0.39, 0.29) is 0 Å². The van der Waals surface area contributed by atoms with E-state index in [4.69, 9.17) is 11.6 Å². The fourth-order valence-corrected chi connectivity index (χ4v) is 4.99. The molecule has 112 valence electrons. The van der Waals surface area contributed by atoms with Gasteiger partial charge in [-0.2, -0.15) is 4.31 Å². The highest BCUT2D eigenvalue weighted by Crippen LogP contribution is 2.32. The van der Waals surface area contributed by atoms with Crippen LogP contribution in [-0.2, 0) is 10.0 Å². The monoisotopic (exact) mass is 323 g/mol. The van der Waals surface area contributed by atoms with E-state index in [1.165, 1.54) is 0 Å². The van der Waals surface area contributed by atoms with Crippen LogP contribution in [0.3, 0.4) is 0 Å². The van der Waals surface area contributed by atoms with E-state index in [0.29, 0.717) is 34.3 Å². The normalized spacial score (nSPS) is 20.8. The molecule has 1 atom stereocenters. The summed E-state index contributed by atoms with van der Waals surface area (Å²) in [4.78, 5) is 0.358. The van der Waals surface area contributed by atoms with Gasteiger partial charge in [0.25, 0.3) is 0 Å². The van der Waals surface area contributed by atoms with E-state index in [2.05, 4.69) is 6.92 Å². The quantitative estimate of drug-likeness (QED) is 0.840. The van der Waals surface area contributed by atoms with Crippen LogP contribution in [0.5, 0.6) is 0 Å².